The third-order valence-electron chi connectivity index (χ3n) is 3.31. The number of anilines is 1. The van der Waals surface area contributed by atoms with Gasteiger partial charge >= 0.3 is 0 Å². The molecule has 0 bridgehead atoms. The van der Waals surface area contributed by atoms with E-state index < -0.39 is 10.0 Å². The molecule has 2 aromatic rings. The van der Waals surface area contributed by atoms with Crippen molar-refractivity contribution in [2.45, 2.75) is 18.2 Å². The minimum atomic E-state index is -3.51. The molecule has 138 valence electrons. The van der Waals surface area contributed by atoms with E-state index in [1.54, 1.807) is 24.3 Å². The van der Waals surface area contributed by atoms with Gasteiger partial charge in [0, 0.05) is 15.8 Å². The molecule has 0 aliphatic heterocycles. The van der Waals surface area contributed by atoms with Gasteiger partial charge in [-0.1, -0.05) is 19.1 Å². The molecule has 0 fully saturated rings. The number of rotatable bonds is 6. The summed E-state index contributed by atoms with van der Waals surface area (Å²) in [5.74, 6) is -0.310. The first-order valence-electron chi connectivity index (χ1n) is 7.80. The lowest BCUT2D eigenvalue weighted by atomic mass is 10.2. The smallest absolute Gasteiger partial charge is 0.258 e. The molecular formula is C17H18IN3O3S2. The van der Waals surface area contributed by atoms with Crippen molar-refractivity contribution in [2.24, 2.45) is 0 Å². The standard InChI is InChI=1S/C17H18IN3O3S2/c1-2-11-19-26(23,24)13-9-7-12(8-10-13)20-17(25)21-16(22)14-5-3-4-6-15(14)18/h3-10,19H,2,11H2,1H3,(H2,20,21,22,25). The van der Waals surface area contributed by atoms with Crippen molar-refractivity contribution in [3.8, 4) is 0 Å². The average Bonchev–Trinajstić information content (AvgIpc) is 2.60. The fraction of sp³-hybridized carbons (Fsp3) is 0.176. The summed E-state index contributed by atoms with van der Waals surface area (Å²) in [6.07, 6.45) is 0.715. The highest BCUT2D eigenvalue weighted by Gasteiger charge is 2.13. The van der Waals surface area contributed by atoms with E-state index in [1.165, 1.54) is 12.1 Å². The Morgan fingerprint density at radius 2 is 1.77 bits per heavy atom. The number of hydrogen-bond acceptors (Lipinski definition) is 4. The minimum absolute atomic E-state index is 0.134. The second-order valence-electron chi connectivity index (χ2n) is 5.31. The summed E-state index contributed by atoms with van der Waals surface area (Å²) >= 11 is 7.22. The van der Waals surface area contributed by atoms with Crippen molar-refractivity contribution in [2.75, 3.05) is 11.9 Å². The van der Waals surface area contributed by atoms with Gasteiger partial charge < -0.3 is 5.32 Å². The lowest BCUT2D eigenvalue weighted by Crippen LogP contribution is -2.34. The van der Waals surface area contributed by atoms with Gasteiger partial charge in [-0.2, -0.15) is 0 Å². The number of nitrogens with one attached hydrogen (secondary N) is 3. The van der Waals surface area contributed by atoms with Crippen LogP contribution in [0.25, 0.3) is 0 Å². The van der Waals surface area contributed by atoms with Crippen LogP contribution in [0.5, 0.6) is 0 Å². The summed E-state index contributed by atoms with van der Waals surface area (Å²) in [7, 11) is -3.51. The number of sulfonamides is 1. The number of benzene rings is 2. The lowest BCUT2D eigenvalue weighted by Gasteiger charge is -2.11. The maximum Gasteiger partial charge on any atom is 0.258 e. The zero-order chi connectivity index (χ0) is 19.2. The summed E-state index contributed by atoms with van der Waals surface area (Å²) in [6, 6.07) is 13.3. The van der Waals surface area contributed by atoms with Crippen LogP contribution in [0.3, 0.4) is 0 Å². The van der Waals surface area contributed by atoms with Crippen LogP contribution >= 0.6 is 34.8 Å². The van der Waals surface area contributed by atoms with E-state index in [4.69, 9.17) is 12.2 Å². The number of amides is 1. The third kappa shape index (κ3) is 5.73. The maximum atomic E-state index is 12.2. The Labute approximate surface area is 172 Å². The van der Waals surface area contributed by atoms with Crippen molar-refractivity contribution in [1.29, 1.82) is 0 Å². The van der Waals surface area contributed by atoms with Crippen molar-refractivity contribution >= 4 is 61.5 Å². The van der Waals surface area contributed by atoms with Crippen LogP contribution in [0, 0.1) is 3.57 Å². The van der Waals surface area contributed by atoms with Gasteiger partial charge in [-0.15, -0.1) is 0 Å². The summed E-state index contributed by atoms with van der Waals surface area (Å²) in [6.45, 7) is 2.28. The Hall–Kier alpha value is -1.56. The highest BCUT2D eigenvalue weighted by molar-refractivity contribution is 14.1. The van der Waals surface area contributed by atoms with E-state index in [0.717, 1.165) is 3.57 Å². The fourth-order valence-electron chi connectivity index (χ4n) is 2.02. The molecule has 0 aliphatic carbocycles. The first-order chi connectivity index (χ1) is 12.3. The molecule has 6 nitrogen and oxygen atoms in total. The molecule has 0 heterocycles. The molecule has 9 heteroatoms. The molecule has 3 N–H and O–H groups in total. The van der Waals surface area contributed by atoms with Gasteiger partial charge in [0.15, 0.2) is 5.11 Å². The Morgan fingerprint density at radius 1 is 1.12 bits per heavy atom. The molecule has 0 aromatic heterocycles. The number of hydrogen-bond donors (Lipinski definition) is 3. The average molecular weight is 503 g/mol. The predicted molar refractivity (Wildman–Crippen MR) is 115 cm³/mol. The van der Waals surface area contributed by atoms with Crippen molar-refractivity contribution in [3.05, 3.63) is 57.7 Å². The number of thiocarbonyl (C=S) groups is 1. The monoisotopic (exact) mass is 503 g/mol. The zero-order valence-corrected chi connectivity index (χ0v) is 17.7. The molecular weight excluding hydrogens is 485 g/mol. The topological polar surface area (TPSA) is 87.3 Å². The van der Waals surface area contributed by atoms with Crippen LogP contribution in [0.1, 0.15) is 23.7 Å². The highest BCUT2D eigenvalue weighted by atomic mass is 127. The molecule has 0 saturated carbocycles. The predicted octanol–water partition coefficient (Wildman–Crippen LogP) is 3.11. The minimum Gasteiger partial charge on any atom is -0.332 e. The Bertz CT molecular complexity index is 900. The van der Waals surface area contributed by atoms with Gasteiger partial charge in [-0.3, -0.25) is 10.1 Å². The molecule has 2 aromatic carbocycles. The Balaban J connectivity index is 1.99. The van der Waals surface area contributed by atoms with Crippen LogP contribution in [0.4, 0.5) is 5.69 Å². The second-order valence-corrected chi connectivity index (χ2v) is 8.65. The van der Waals surface area contributed by atoms with Gasteiger partial charge in [0.1, 0.15) is 0 Å². The van der Waals surface area contributed by atoms with Gasteiger partial charge in [-0.05, 0) is 77.6 Å². The van der Waals surface area contributed by atoms with Crippen LogP contribution in [0.2, 0.25) is 0 Å². The van der Waals surface area contributed by atoms with Crippen LogP contribution in [-0.4, -0.2) is 26.0 Å². The van der Waals surface area contributed by atoms with Crippen molar-refractivity contribution in [3.63, 3.8) is 0 Å². The van der Waals surface area contributed by atoms with E-state index in [1.807, 2.05) is 19.1 Å². The zero-order valence-electron chi connectivity index (χ0n) is 14.0. The summed E-state index contributed by atoms with van der Waals surface area (Å²) < 4.78 is 27.4. The molecule has 0 spiro atoms. The molecule has 2 rings (SSSR count). The van der Waals surface area contributed by atoms with Crippen LogP contribution in [-0.2, 0) is 10.0 Å². The highest BCUT2D eigenvalue weighted by Crippen LogP contribution is 2.14. The SMILES string of the molecule is CCCNS(=O)(=O)c1ccc(NC(=S)NC(=O)c2ccccc2I)cc1. The van der Waals surface area contributed by atoms with E-state index in [-0.39, 0.29) is 15.9 Å². The van der Waals surface area contributed by atoms with E-state index in [9.17, 15) is 13.2 Å². The van der Waals surface area contributed by atoms with E-state index in [0.29, 0.717) is 24.2 Å². The molecule has 26 heavy (non-hydrogen) atoms. The number of halogens is 1. The molecule has 1 amide bonds. The van der Waals surface area contributed by atoms with Gasteiger partial charge in [0.25, 0.3) is 5.91 Å². The summed E-state index contributed by atoms with van der Waals surface area (Å²) in [5.41, 5.74) is 1.10. The molecule has 0 aliphatic rings. The van der Waals surface area contributed by atoms with Crippen molar-refractivity contribution in [1.82, 2.24) is 10.0 Å². The normalized spacial score (nSPS) is 11.0. The Morgan fingerprint density at radius 3 is 2.38 bits per heavy atom. The van der Waals surface area contributed by atoms with Crippen LogP contribution in [0.15, 0.2) is 53.4 Å². The van der Waals surface area contributed by atoms with Crippen LogP contribution < -0.4 is 15.4 Å². The lowest BCUT2D eigenvalue weighted by molar-refractivity contribution is 0.0977. The maximum absolute atomic E-state index is 12.2. The van der Waals surface area contributed by atoms with E-state index >= 15 is 0 Å². The summed E-state index contributed by atoms with van der Waals surface area (Å²) in [5, 5.41) is 5.60. The fourth-order valence-corrected chi connectivity index (χ4v) is 3.99. The molecule has 0 atom stereocenters. The molecule has 0 radical (unpaired) electrons. The van der Waals surface area contributed by atoms with Gasteiger partial charge in [0.05, 0.1) is 10.5 Å². The second kappa shape index (κ2) is 9.40. The molecule has 0 saturated heterocycles. The van der Waals surface area contributed by atoms with Gasteiger partial charge in [-0.25, -0.2) is 13.1 Å². The first kappa shape index (κ1) is 20.7. The number of carbonyl (C=O) groups is 1. The van der Waals surface area contributed by atoms with E-state index in [2.05, 4.69) is 37.9 Å². The largest absolute Gasteiger partial charge is 0.332 e. The quantitative estimate of drug-likeness (QED) is 0.417. The molecule has 0 unspecified atom stereocenters. The number of carbonyl (C=O) groups excluding carboxylic acids is 1. The van der Waals surface area contributed by atoms with Gasteiger partial charge in [0.2, 0.25) is 10.0 Å². The summed E-state index contributed by atoms with van der Waals surface area (Å²) in [4.78, 5) is 12.4. The first-order valence-corrected chi connectivity index (χ1v) is 10.8. The van der Waals surface area contributed by atoms with Crippen molar-refractivity contribution < 1.29 is 13.2 Å². The Kier molecular flexibility index (Phi) is 7.50. The third-order valence-corrected chi connectivity index (χ3v) is 5.93.